The Morgan fingerprint density at radius 2 is 2.08 bits per heavy atom. The van der Waals surface area contributed by atoms with E-state index in [-0.39, 0.29) is 18.4 Å². The van der Waals surface area contributed by atoms with Crippen LogP contribution in [0, 0.1) is 5.92 Å². The molecule has 1 aliphatic heterocycles. The maximum atomic E-state index is 12.5. The highest BCUT2D eigenvalue weighted by Crippen LogP contribution is 2.24. The molecule has 1 aliphatic carbocycles. The fourth-order valence-corrected chi connectivity index (χ4v) is 3.68. The Morgan fingerprint density at radius 3 is 2.88 bits per heavy atom. The minimum Gasteiger partial charge on any atom is -0.350 e. The number of hydrogen-bond acceptors (Lipinski definition) is 3. The molecule has 1 atom stereocenters. The molecule has 8 heteroatoms. The summed E-state index contributed by atoms with van der Waals surface area (Å²) >= 11 is 0. The number of fused-ring (bicyclic) bond motifs is 1. The van der Waals surface area contributed by atoms with Gasteiger partial charge in [0.25, 0.3) is 0 Å². The SMILES string of the molecule is O=C(NCc1n[nH]c2c1CCCC2)C1CCCN(CC(F)(F)F)C1. The van der Waals surface area contributed by atoms with Gasteiger partial charge >= 0.3 is 6.18 Å². The molecule has 0 spiro atoms. The van der Waals surface area contributed by atoms with Gasteiger partial charge in [0.05, 0.1) is 24.7 Å². The van der Waals surface area contributed by atoms with Crippen molar-refractivity contribution in [2.24, 2.45) is 5.92 Å². The number of carbonyl (C=O) groups is 1. The lowest BCUT2D eigenvalue weighted by molar-refractivity contribution is -0.152. The van der Waals surface area contributed by atoms with Crippen LogP contribution in [0.25, 0.3) is 0 Å². The third kappa shape index (κ3) is 4.28. The number of halogens is 3. The van der Waals surface area contributed by atoms with Crippen molar-refractivity contribution in [2.45, 2.75) is 51.2 Å². The largest absolute Gasteiger partial charge is 0.401 e. The van der Waals surface area contributed by atoms with Gasteiger partial charge in [0.1, 0.15) is 0 Å². The minimum atomic E-state index is -4.22. The van der Waals surface area contributed by atoms with Crippen LogP contribution in [0.4, 0.5) is 13.2 Å². The second-order valence-corrected chi connectivity index (χ2v) is 6.74. The van der Waals surface area contributed by atoms with Crippen molar-refractivity contribution in [3.63, 3.8) is 0 Å². The average Bonchev–Trinajstić information content (AvgIpc) is 2.94. The van der Waals surface area contributed by atoms with Gasteiger partial charge in [-0.1, -0.05) is 0 Å². The molecule has 2 aliphatic rings. The quantitative estimate of drug-likeness (QED) is 0.880. The number of aryl methyl sites for hydroxylation is 1. The van der Waals surface area contributed by atoms with Gasteiger partial charge in [-0.25, -0.2) is 0 Å². The highest BCUT2D eigenvalue weighted by Gasteiger charge is 2.34. The topological polar surface area (TPSA) is 61.0 Å². The second kappa shape index (κ2) is 7.13. The first-order valence-electron chi connectivity index (χ1n) is 8.54. The molecular weight excluding hydrogens is 321 g/mol. The van der Waals surface area contributed by atoms with Crippen LogP contribution in [-0.4, -0.2) is 46.8 Å². The summed E-state index contributed by atoms with van der Waals surface area (Å²) in [6.07, 6.45) is 1.28. The van der Waals surface area contributed by atoms with E-state index >= 15 is 0 Å². The molecule has 1 aromatic rings. The van der Waals surface area contributed by atoms with Gasteiger partial charge < -0.3 is 5.32 Å². The van der Waals surface area contributed by atoms with E-state index in [1.165, 1.54) is 10.5 Å². The summed E-state index contributed by atoms with van der Waals surface area (Å²) < 4.78 is 37.5. The number of amides is 1. The van der Waals surface area contributed by atoms with E-state index in [1.807, 2.05) is 0 Å². The number of aromatic nitrogens is 2. The summed E-state index contributed by atoms with van der Waals surface area (Å²) in [5.41, 5.74) is 3.21. The molecule has 3 rings (SSSR count). The van der Waals surface area contributed by atoms with E-state index in [4.69, 9.17) is 0 Å². The second-order valence-electron chi connectivity index (χ2n) is 6.74. The Hall–Kier alpha value is -1.57. The van der Waals surface area contributed by atoms with Crippen LogP contribution >= 0.6 is 0 Å². The zero-order valence-corrected chi connectivity index (χ0v) is 13.6. The normalized spacial score (nSPS) is 22.2. The van der Waals surface area contributed by atoms with Crippen LogP contribution in [0.5, 0.6) is 0 Å². The van der Waals surface area contributed by atoms with Gasteiger partial charge in [-0.3, -0.25) is 14.8 Å². The van der Waals surface area contributed by atoms with Crippen LogP contribution in [0.2, 0.25) is 0 Å². The summed E-state index contributed by atoms with van der Waals surface area (Å²) in [5.74, 6) is -0.551. The zero-order valence-electron chi connectivity index (χ0n) is 13.6. The van der Waals surface area contributed by atoms with Gasteiger partial charge in [0, 0.05) is 12.2 Å². The van der Waals surface area contributed by atoms with Crippen molar-refractivity contribution in [1.82, 2.24) is 20.4 Å². The molecule has 1 aromatic heterocycles. The van der Waals surface area contributed by atoms with E-state index in [0.29, 0.717) is 25.9 Å². The number of carbonyl (C=O) groups excluding carboxylic acids is 1. The molecule has 2 heterocycles. The number of alkyl halides is 3. The maximum Gasteiger partial charge on any atom is 0.401 e. The Labute approximate surface area is 139 Å². The number of H-pyrrole nitrogens is 1. The minimum absolute atomic E-state index is 0.171. The third-order valence-electron chi connectivity index (χ3n) is 4.85. The van der Waals surface area contributed by atoms with E-state index < -0.39 is 12.7 Å². The molecule has 0 radical (unpaired) electrons. The van der Waals surface area contributed by atoms with Crippen LogP contribution in [0.15, 0.2) is 0 Å². The number of nitrogens with one attached hydrogen (secondary N) is 2. The molecule has 0 saturated carbocycles. The van der Waals surface area contributed by atoms with E-state index in [2.05, 4.69) is 15.5 Å². The first-order chi connectivity index (χ1) is 11.4. The third-order valence-corrected chi connectivity index (χ3v) is 4.85. The van der Waals surface area contributed by atoms with Gasteiger partial charge in [0.2, 0.25) is 5.91 Å². The molecule has 2 N–H and O–H groups in total. The van der Waals surface area contributed by atoms with Gasteiger partial charge in [-0.05, 0) is 50.6 Å². The van der Waals surface area contributed by atoms with Crippen molar-refractivity contribution in [3.8, 4) is 0 Å². The number of piperidine rings is 1. The predicted octanol–water partition coefficient (Wildman–Crippen LogP) is 2.18. The standard InChI is InChI=1S/C16H23F3N4O/c17-16(18,19)10-23-7-3-4-11(9-23)15(24)20-8-14-12-5-1-2-6-13(12)21-22-14/h11H,1-10H2,(H,20,24)(H,21,22). The van der Waals surface area contributed by atoms with Crippen LogP contribution in [0.3, 0.4) is 0 Å². The predicted molar refractivity (Wildman–Crippen MR) is 82.3 cm³/mol. The lowest BCUT2D eigenvalue weighted by atomic mass is 9.95. The molecule has 134 valence electrons. The Kier molecular flexibility index (Phi) is 5.12. The first kappa shape index (κ1) is 17.3. The number of rotatable bonds is 4. The molecule has 1 unspecified atom stereocenters. The van der Waals surface area contributed by atoms with Crippen LogP contribution in [-0.2, 0) is 24.2 Å². The van der Waals surface area contributed by atoms with Crippen molar-refractivity contribution < 1.29 is 18.0 Å². The summed E-state index contributed by atoms with van der Waals surface area (Å²) in [6, 6.07) is 0. The van der Waals surface area contributed by atoms with Crippen LogP contribution in [0.1, 0.15) is 42.6 Å². The Morgan fingerprint density at radius 1 is 1.29 bits per heavy atom. The monoisotopic (exact) mass is 344 g/mol. The summed E-state index contributed by atoms with van der Waals surface area (Å²) in [5, 5.41) is 10.2. The Bertz CT molecular complexity index is 584. The highest BCUT2D eigenvalue weighted by molar-refractivity contribution is 5.78. The lowest BCUT2D eigenvalue weighted by Crippen LogP contribution is -2.46. The molecule has 1 amide bonds. The summed E-state index contributed by atoms with van der Waals surface area (Å²) in [7, 11) is 0. The van der Waals surface area contributed by atoms with E-state index in [1.54, 1.807) is 0 Å². The van der Waals surface area contributed by atoms with E-state index in [0.717, 1.165) is 37.1 Å². The molecule has 1 fully saturated rings. The number of aromatic amines is 1. The maximum absolute atomic E-state index is 12.5. The average molecular weight is 344 g/mol. The molecule has 1 saturated heterocycles. The molecule has 24 heavy (non-hydrogen) atoms. The van der Waals surface area contributed by atoms with Crippen molar-refractivity contribution >= 4 is 5.91 Å². The van der Waals surface area contributed by atoms with Gasteiger partial charge in [-0.15, -0.1) is 0 Å². The van der Waals surface area contributed by atoms with Crippen LogP contribution < -0.4 is 5.32 Å². The molecular formula is C16H23F3N4O. The summed E-state index contributed by atoms with van der Waals surface area (Å²) in [6.45, 7) is -0.0235. The number of likely N-dealkylation sites (tertiary alicyclic amines) is 1. The van der Waals surface area contributed by atoms with Gasteiger partial charge in [0.15, 0.2) is 0 Å². The Balaban J connectivity index is 1.52. The number of nitrogens with zero attached hydrogens (tertiary/aromatic N) is 2. The highest BCUT2D eigenvalue weighted by atomic mass is 19.4. The lowest BCUT2D eigenvalue weighted by Gasteiger charge is -2.32. The first-order valence-corrected chi connectivity index (χ1v) is 8.54. The molecule has 0 bridgehead atoms. The zero-order chi connectivity index (χ0) is 17.2. The summed E-state index contributed by atoms with van der Waals surface area (Å²) in [4.78, 5) is 13.6. The van der Waals surface area contributed by atoms with Crippen molar-refractivity contribution in [3.05, 3.63) is 17.0 Å². The fourth-order valence-electron chi connectivity index (χ4n) is 3.68. The van der Waals surface area contributed by atoms with E-state index in [9.17, 15) is 18.0 Å². The number of hydrogen-bond donors (Lipinski definition) is 2. The van der Waals surface area contributed by atoms with Gasteiger partial charge in [-0.2, -0.15) is 18.3 Å². The molecule has 0 aromatic carbocycles. The smallest absolute Gasteiger partial charge is 0.350 e. The fraction of sp³-hybridized carbons (Fsp3) is 0.750. The van der Waals surface area contributed by atoms with Crippen molar-refractivity contribution in [2.75, 3.05) is 19.6 Å². The molecule has 5 nitrogen and oxygen atoms in total. The van der Waals surface area contributed by atoms with Crippen molar-refractivity contribution in [1.29, 1.82) is 0 Å².